The van der Waals surface area contributed by atoms with Gasteiger partial charge >= 0.3 is 5.97 Å². The maximum atomic E-state index is 11.7. The highest BCUT2D eigenvalue weighted by Crippen LogP contribution is 2.31. The smallest absolute Gasteiger partial charge is 0.337 e. The van der Waals surface area contributed by atoms with Gasteiger partial charge in [0.05, 0.1) is 12.7 Å². The van der Waals surface area contributed by atoms with Crippen LogP contribution in [0.5, 0.6) is 0 Å². The Balaban J connectivity index is 1.32. The van der Waals surface area contributed by atoms with Crippen molar-refractivity contribution in [2.24, 2.45) is 0 Å². The molecule has 3 heterocycles. The number of esters is 1. The van der Waals surface area contributed by atoms with E-state index in [9.17, 15) is 4.79 Å². The maximum Gasteiger partial charge on any atom is 0.337 e. The van der Waals surface area contributed by atoms with Crippen LogP contribution in [0, 0.1) is 0 Å². The second kappa shape index (κ2) is 9.79. The van der Waals surface area contributed by atoms with Crippen LogP contribution in [0.4, 0.5) is 0 Å². The Bertz CT molecular complexity index is 1270. The fraction of sp³-hybridized carbons (Fsp3) is 0.286. The van der Waals surface area contributed by atoms with Gasteiger partial charge in [-0.1, -0.05) is 36.4 Å². The van der Waals surface area contributed by atoms with Crippen molar-refractivity contribution in [1.82, 2.24) is 19.8 Å². The lowest BCUT2D eigenvalue weighted by Gasteiger charge is -2.32. The molecular formula is C28H30N4O2. The SMILES string of the molecule is COC(=O)c1ccc(-c2c[nH]c3ncc(-c4ccc(CCN5CCN(C)CC5)cc4)cc23)cc1. The van der Waals surface area contributed by atoms with E-state index < -0.39 is 0 Å². The molecular weight excluding hydrogens is 424 g/mol. The lowest BCUT2D eigenvalue weighted by molar-refractivity contribution is 0.0601. The first-order valence-electron chi connectivity index (χ1n) is 11.8. The molecule has 1 fully saturated rings. The van der Waals surface area contributed by atoms with Crippen molar-refractivity contribution in [3.05, 3.63) is 78.1 Å². The largest absolute Gasteiger partial charge is 0.465 e. The van der Waals surface area contributed by atoms with Gasteiger partial charge in [0, 0.05) is 61.6 Å². The zero-order valence-corrected chi connectivity index (χ0v) is 19.8. The molecule has 0 saturated carbocycles. The zero-order valence-electron chi connectivity index (χ0n) is 19.8. The summed E-state index contributed by atoms with van der Waals surface area (Å²) in [7, 11) is 3.59. The van der Waals surface area contributed by atoms with Gasteiger partial charge in [-0.05, 0) is 48.4 Å². The second-order valence-corrected chi connectivity index (χ2v) is 8.98. The van der Waals surface area contributed by atoms with Crippen molar-refractivity contribution >= 4 is 17.0 Å². The molecule has 6 nitrogen and oxygen atoms in total. The number of aromatic nitrogens is 2. The molecule has 34 heavy (non-hydrogen) atoms. The monoisotopic (exact) mass is 454 g/mol. The third-order valence-electron chi connectivity index (χ3n) is 6.75. The molecule has 2 aromatic carbocycles. The number of hydrogen-bond donors (Lipinski definition) is 1. The van der Waals surface area contributed by atoms with Gasteiger partial charge < -0.3 is 19.5 Å². The van der Waals surface area contributed by atoms with E-state index >= 15 is 0 Å². The minimum Gasteiger partial charge on any atom is -0.465 e. The summed E-state index contributed by atoms with van der Waals surface area (Å²) in [4.78, 5) is 24.6. The molecule has 0 unspecified atom stereocenters. The van der Waals surface area contributed by atoms with Crippen molar-refractivity contribution in [1.29, 1.82) is 0 Å². The molecule has 6 heteroatoms. The number of pyridine rings is 1. The first-order chi connectivity index (χ1) is 16.6. The van der Waals surface area contributed by atoms with Crippen LogP contribution >= 0.6 is 0 Å². The molecule has 4 aromatic rings. The Morgan fingerprint density at radius 1 is 0.971 bits per heavy atom. The summed E-state index contributed by atoms with van der Waals surface area (Å²) in [5.74, 6) is -0.332. The molecule has 0 amide bonds. The van der Waals surface area contributed by atoms with E-state index in [1.54, 1.807) is 12.1 Å². The van der Waals surface area contributed by atoms with Gasteiger partial charge in [-0.15, -0.1) is 0 Å². The highest BCUT2D eigenvalue weighted by molar-refractivity contribution is 5.96. The van der Waals surface area contributed by atoms with E-state index in [0.717, 1.165) is 72.4 Å². The Morgan fingerprint density at radius 2 is 1.68 bits per heavy atom. The Kier molecular flexibility index (Phi) is 6.43. The number of ether oxygens (including phenoxy) is 1. The number of carbonyl (C=O) groups excluding carboxylic acids is 1. The van der Waals surface area contributed by atoms with Crippen LogP contribution in [0.3, 0.4) is 0 Å². The summed E-state index contributed by atoms with van der Waals surface area (Å²) >= 11 is 0. The number of fused-ring (bicyclic) bond motifs is 1. The summed E-state index contributed by atoms with van der Waals surface area (Å²) in [6.45, 7) is 5.74. The normalized spacial score (nSPS) is 15.0. The number of piperazine rings is 1. The van der Waals surface area contributed by atoms with Crippen molar-refractivity contribution in [3.8, 4) is 22.3 Å². The molecule has 0 spiro atoms. The van der Waals surface area contributed by atoms with Gasteiger partial charge in [-0.2, -0.15) is 0 Å². The number of rotatable bonds is 6. The van der Waals surface area contributed by atoms with E-state index in [1.165, 1.54) is 12.7 Å². The van der Waals surface area contributed by atoms with E-state index in [2.05, 4.69) is 57.1 Å². The molecule has 0 radical (unpaired) electrons. The third kappa shape index (κ3) is 4.74. The molecule has 0 bridgehead atoms. The van der Waals surface area contributed by atoms with Crippen molar-refractivity contribution < 1.29 is 9.53 Å². The third-order valence-corrected chi connectivity index (χ3v) is 6.75. The molecule has 1 N–H and O–H groups in total. The number of nitrogens with one attached hydrogen (secondary N) is 1. The van der Waals surface area contributed by atoms with Crippen LogP contribution in [0.25, 0.3) is 33.3 Å². The minimum atomic E-state index is -0.332. The van der Waals surface area contributed by atoms with Crippen LogP contribution in [-0.2, 0) is 11.2 Å². The Morgan fingerprint density at radius 3 is 2.38 bits per heavy atom. The van der Waals surface area contributed by atoms with Gasteiger partial charge in [-0.3, -0.25) is 0 Å². The molecule has 2 aromatic heterocycles. The fourth-order valence-corrected chi connectivity index (χ4v) is 4.53. The molecule has 1 aliphatic rings. The van der Waals surface area contributed by atoms with Crippen molar-refractivity contribution in [2.45, 2.75) is 6.42 Å². The lowest BCUT2D eigenvalue weighted by atomic mass is 10.0. The van der Waals surface area contributed by atoms with Gasteiger partial charge in [0.1, 0.15) is 5.65 Å². The van der Waals surface area contributed by atoms with Crippen molar-refractivity contribution in [2.75, 3.05) is 46.9 Å². The second-order valence-electron chi connectivity index (χ2n) is 8.98. The number of methoxy groups -OCH3 is 1. The van der Waals surface area contributed by atoms with Crippen LogP contribution in [0.15, 0.2) is 67.0 Å². The van der Waals surface area contributed by atoms with E-state index in [-0.39, 0.29) is 5.97 Å². The van der Waals surface area contributed by atoms with Gasteiger partial charge in [0.25, 0.3) is 0 Å². The van der Waals surface area contributed by atoms with E-state index in [4.69, 9.17) is 4.74 Å². The minimum absolute atomic E-state index is 0.332. The highest BCUT2D eigenvalue weighted by Gasteiger charge is 2.14. The van der Waals surface area contributed by atoms with E-state index in [1.807, 2.05) is 24.5 Å². The lowest BCUT2D eigenvalue weighted by Crippen LogP contribution is -2.45. The predicted molar refractivity (Wildman–Crippen MR) is 136 cm³/mol. The first kappa shape index (κ1) is 22.3. The fourth-order valence-electron chi connectivity index (χ4n) is 4.53. The van der Waals surface area contributed by atoms with Crippen LogP contribution in [-0.4, -0.2) is 72.6 Å². The number of hydrogen-bond acceptors (Lipinski definition) is 5. The molecule has 174 valence electrons. The number of H-pyrrole nitrogens is 1. The molecule has 1 aliphatic heterocycles. The molecule has 1 saturated heterocycles. The van der Waals surface area contributed by atoms with Crippen LogP contribution in [0.1, 0.15) is 15.9 Å². The van der Waals surface area contributed by atoms with E-state index in [0.29, 0.717) is 5.56 Å². The average Bonchev–Trinajstić information content (AvgIpc) is 3.31. The first-order valence-corrected chi connectivity index (χ1v) is 11.8. The predicted octanol–water partition coefficient (Wildman–Crippen LogP) is 4.47. The highest BCUT2D eigenvalue weighted by atomic mass is 16.5. The standard InChI is InChI=1S/C28H30N4O2/c1-31-13-15-32(16-14-31)12-11-20-3-5-21(6-4-20)24-17-25-26(19-30-27(25)29-18-24)22-7-9-23(10-8-22)28(33)34-2/h3-10,17-19H,11-16H2,1-2H3,(H,29,30). The van der Waals surface area contributed by atoms with Crippen molar-refractivity contribution in [3.63, 3.8) is 0 Å². The molecule has 5 rings (SSSR count). The average molecular weight is 455 g/mol. The summed E-state index contributed by atoms with van der Waals surface area (Å²) in [6.07, 6.45) is 4.96. The zero-order chi connectivity index (χ0) is 23.5. The number of nitrogens with zero attached hydrogens (tertiary/aromatic N) is 3. The summed E-state index contributed by atoms with van der Waals surface area (Å²) in [5, 5.41) is 1.06. The maximum absolute atomic E-state index is 11.7. The number of benzene rings is 2. The number of likely N-dealkylation sites (N-methyl/N-ethyl adjacent to an activating group) is 1. The number of carbonyl (C=O) groups is 1. The van der Waals surface area contributed by atoms with Gasteiger partial charge in [0.15, 0.2) is 0 Å². The Hall–Kier alpha value is -3.48. The molecule has 0 aliphatic carbocycles. The Labute approximate surface area is 200 Å². The van der Waals surface area contributed by atoms with Gasteiger partial charge in [0.2, 0.25) is 0 Å². The summed E-state index contributed by atoms with van der Waals surface area (Å²) in [5.41, 5.74) is 7.08. The quantitative estimate of drug-likeness (QED) is 0.436. The van der Waals surface area contributed by atoms with Crippen LogP contribution < -0.4 is 0 Å². The molecule has 0 atom stereocenters. The number of aromatic amines is 1. The van der Waals surface area contributed by atoms with Crippen LogP contribution in [0.2, 0.25) is 0 Å². The summed E-state index contributed by atoms with van der Waals surface area (Å²) < 4.78 is 4.80. The summed E-state index contributed by atoms with van der Waals surface area (Å²) in [6, 6.07) is 18.5. The topological polar surface area (TPSA) is 61.5 Å². The van der Waals surface area contributed by atoms with Gasteiger partial charge in [-0.25, -0.2) is 9.78 Å².